The van der Waals surface area contributed by atoms with Gasteiger partial charge in [0.1, 0.15) is 5.82 Å². The number of carbonyl (C=O) groups is 1. The van der Waals surface area contributed by atoms with Crippen LogP contribution in [0.4, 0.5) is 15.8 Å². The van der Waals surface area contributed by atoms with Gasteiger partial charge in [0.15, 0.2) is 0 Å². The smallest absolute Gasteiger partial charge is 0.226 e. The summed E-state index contributed by atoms with van der Waals surface area (Å²) in [7, 11) is 0. The van der Waals surface area contributed by atoms with E-state index in [1.54, 1.807) is 6.07 Å². The maximum Gasteiger partial charge on any atom is 0.226 e. The summed E-state index contributed by atoms with van der Waals surface area (Å²) in [6, 6.07) is 12.0. The third-order valence-corrected chi connectivity index (χ3v) is 3.23. The van der Waals surface area contributed by atoms with Gasteiger partial charge in [0.05, 0.1) is 5.02 Å². The zero-order valence-corrected chi connectivity index (χ0v) is 12.4. The Morgan fingerprint density at radius 2 is 1.81 bits per heavy atom. The van der Waals surface area contributed by atoms with Gasteiger partial charge in [0.2, 0.25) is 5.91 Å². The van der Waals surface area contributed by atoms with E-state index in [1.165, 1.54) is 12.1 Å². The molecular formula is C16H16ClFN2O. The summed E-state index contributed by atoms with van der Waals surface area (Å²) < 4.78 is 13.0. The monoisotopic (exact) mass is 306 g/mol. The van der Waals surface area contributed by atoms with Crippen LogP contribution in [0.15, 0.2) is 42.5 Å². The average molecular weight is 307 g/mol. The van der Waals surface area contributed by atoms with Crippen LogP contribution in [-0.4, -0.2) is 12.5 Å². The van der Waals surface area contributed by atoms with Gasteiger partial charge >= 0.3 is 0 Å². The number of hydrogen-bond acceptors (Lipinski definition) is 2. The second-order valence-electron chi connectivity index (χ2n) is 4.72. The lowest BCUT2D eigenvalue weighted by Gasteiger charge is -2.08. The van der Waals surface area contributed by atoms with Crippen molar-refractivity contribution in [2.75, 3.05) is 17.2 Å². The standard InChI is InChI=1S/C16H16ClFN2O/c1-11-2-4-12(5-3-11)20-16(21)8-9-19-13-6-7-15(18)14(17)10-13/h2-7,10,19H,8-9H2,1H3,(H,20,21). The first-order valence-corrected chi connectivity index (χ1v) is 6.98. The van der Waals surface area contributed by atoms with Gasteiger partial charge in [-0.1, -0.05) is 29.3 Å². The van der Waals surface area contributed by atoms with Crippen molar-refractivity contribution in [1.82, 2.24) is 0 Å². The maximum absolute atomic E-state index is 13.0. The quantitative estimate of drug-likeness (QED) is 0.868. The molecule has 0 aromatic heterocycles. The van der Waals surface area contributed by atoms with Gasteiger partial charge in [0.25, 0.3) is 0 Å². The van der Waals surface area contributed by atoms with Crippen LogP contribution in [0.2, 0.25) is 5.02 Å². The van der Waals surface area contributed by atoms with Crippen molar-refractivity contribution in [2.45, 2.75) is 13.3 Å². The summed E-state index contributed by atoms with van der Waals surface area (Å²) in [6.07, 6.45) is 0.308. The average Bonchev–Trinajstić information content (AvgIpc) is 2.45. The number of amides is 1. The molecule has 0 radical (unpaired) electrons. The Bertz CT molecular complexity index is 629. The number of nitrogens with one attached hydrogen (secondary N) is 2. The summed E-state index contributed by atoms with van der Waals surface area (Å²) >= 11 is 5.68. The molecule has 2 rings (SSSR count). The molecule has 0 saturated heterocycles. The second kappa shape index (κ2) is 7.09. The van der Waals surface area contributed by atoms with Crippen molar-refractivity contribution in [2.24, 2.45) is 0 Å². The van der Waals surface area contributed by atoms with Gasteiger partial charge in [0, 0.05) is 24.3 Å². The first-order valence-electron chi connectivity index (χ1n) is 6.60. The lowest BCUT2D eigenvalue weighted by Crippen LogP contribution is -2.16. The molecule has 0 bridgehead atoms. The highest BCUT2D eigenvalue weighted by Gasteiger charge is 2.03. The number of hydrogen-bond donors (Lipinski definition) is 2. The van der Waals surface area contributed by atoms with E-state index in [2.05, 4.69) is 10.6 Å². The van der Waals surface area contributed by atoms with Crippen molar-refractivity contribution in [3.8, 4) is 0 Å². The fourth-order valence-corrected chi connectivity index (χ4v) is 1.97. The molecule has 2 N–H and O–H groups in total. The van der Waals surface area contributed by atoms with Crippen LogP contribution in [0.25, 0.3) is 0 Å². The van der Waals surface area contributed by atoms with Gasteiger partial charge in [-0.3, -0.25) is 4.79 Å². The molecule has 0 saturated carbocycles. The summed E-state index contributed by atoms with van der Waals surface area (Å²) in [4.78, 5) is 11.8. The zero-order valence-electron chi connectivity index (χ0n) is 11.6. The van der Waals surface area contributed by atoms with Crippen LogP contribution in [0, 0.1) is 12.7 Å². The molecule has 1 amide bonds. The van der Waals surface area contributed by atoms with Gasteiger partial charge in [-0.05, 0) is 37.3 Å². The Kier molecular flexibility index (Phi) is 5.17. The molecule has 0 aliphatic heterocycles. The summed E-state index contributed by atoms with van der Waals surface area (Å²) in [5.74, 6) is -0.543. The first-order chi connectivity index (χ1) is 10.0. The minimum absolute atomic E-state index is 0.0594. The van der Waals surface area contributed by atoms with Crippen LogP contribution >= 0.6 is 11.6 Å². The number of halogens is 2. The molecule has 0 aliphatic rings. The third kappa shape index (κ3) is 4.76. The summed E-state index contributed by atoms with van der Waals surface area (Å²) in [5, 5.41) is 5.90. The maximum atomic E-state index is 13.0. The van der Waals surface area contributed by atoms with Gasteiger partial charge in [-0.15, -0.1) is 0 Å². The predicted octanol–water partition coefficient (Wildman–Crippen LogP) is 4.23. The molecular weight excluding hydrogens is 291 g/mol. The van der Waals surface area contributed by atoms with Crippen LogP contribution in [0.1, 0.15) is 12.0 Å². The molecule has 0 atom stereocenters. The molecule has 3 nitrogen and oxygen atoms in total. The van der Waals surface area contributed by atoms with E-state index in [0.717, 1.165) is 11.3 Å². The first kappa shape index (κ1) is 15.3. The van der Waals surface area contributed by atoms with E-state index >= 15 is 0 Å². The van der Waals surface area contributed by atoms with Crippen LogP contribution < -0.4 is 10.6 Å². The number of aryl methyl sites for hydroxylation is 1. The van der Waals surface area contributed by atoms with Crippen molar-refractivity contribution in [3.05, 3.63) is 58.9 Å². The largest absolute Gasteiger partial charge is 0.384 e. The topological polar surface area (TPSA) is 41.1 Å². The molecule has 0 unspecified atom stereocenters. The highest BCUT2D eigenvalue weighted by molar-refractivity contribution is 6.31. The van der Waals surface area contributed by atoms with Gasteiger partial charge in [-0.2, -0.15) is 0 Å². The van der Waals surface area contributed by atoms with Crippen LogP contribution in [0.3, 0.4) is 0 Å². The number of carbonyl (C=O) groups excluding carboxylic acids is 1. The van der Waals surface area contributed by atoms with Crippen molar-refractivity contribution >= 4 is 28.9 Å². The highest BCUT2D eigenvalue weighted by Crippen LogP contribution is 2.19. The molecule has 21 heavy (non-hydrogen) atoms. The summed E-state index contributed by atoms with van der Waals surface area (Å²) in [5.41, 5.74) is 2.60. The fourth-order valence-electron chi connectivity index (χ4n) is 1.79. The molecule has 0 aliphatic carbocycles. The molecule has 2 aromatic carbocycles. The molecule has 5 heteroatoms. The Labute approximate surface area is 128 Å². The van der Waals surface area contributed by atoms with E-state index in [0.29, 0.717) is 18.7 Å². The van der Waals surface area contributed by atoms with Crippen molar-refractivity contribution in [1.29, 1.82) is 0 Å². The molecule has 0 heterocycles. The van der Waals surface area contributed by atoms with Crippen molar-refractivity contribution < 1.29 is 9.18 Å². The van der Waals surface area contributed by atoms with E-state index in [9.17, 15) is 9.18 Å². The minimum Gasteiger partial charge on any atom is -0.384 e. The van der Waals surface area contributed by atoms with E-state index in [-0.39, 0.29) is 10.9 Å². The lowest BCUT2D eigenvalue weighted by atomic mass is 10.2. The zero-order chi connectivity index (χ0) is 15.2. The van der Waals surface area contributed by atoms with Gasteiger partial charge < -0.3 is 10.6 Å². The molecule has 0 spiro atoms. The number of rotatable bonds is 5. The Balaban J connectivity index is 1.78. The van der Waals surface area contributed by atoms with E-state index < -0.39 is 5.82 Å². The third-order valence-electron chi connectivity index (χ3n) is 2.94. The molecule has 2 aromatic rings. The van der Waals surface area contributed by atoms with E-state index in [1.807, 2.05) is 31.2 Å². The second-order valence-corrected chi connectivity index (χ2v) is 5.13. The van der Waals surface area contributed by atoms with Gasteiger partial charge in [-0.25, -0.2) is 4.39 Å². The normalized spacial score (nSPS) is 10.2. The number of benzene rings is 2. The SMILES string of the molecule is Cc1ccc(NC(=O)CCNc2ccc(F)c(Cl)c2)cc1. The van der Waals surface area contributed by atoms with Crippen molar-refractivity contribution in [3.63, 3.8) is 0 Å². The lowest BCUT2D eigenvalue weighted by molar-refractivity contribution is -0.115. The predicted molar refractivity (Wildman–Crippen MR) is 84.3 cm³/mol. The minimum atomic E-state index is -0.459. The Morgan fingerprint density at radius 1 is 1.14 bits per heavy atom. The molecule has 0 fully saturated rings. The Morgan fingerprint density at radius 3 is 2.48 bits per heavy atom. The number of anilines is 2. The fraction of sp³-hybridized carbons (Fsp3) is 0.188. The summed E-state index contributed by atoms with van der Waals surface area (Å²) in [6.45, 7) is 2.43. The molecule has 110 valence electrons. The van der Waals surface area contributed by atoms with E-state index in [4.69, 9.17) is 11.6 Å². The Hall–Kier alpha value is -2.07. The highest BCUT2D eigenvalue weighted by atomic mass is 35.5. The van der Waals surface area contributed by atoms with Crippen LogP contribution in [-0.2, 0) is 4.79 Å². The van der Waals surface area contributed by atoms with Crippen LogP contribution in [0.5, 0.6) is 0 Å².